The average Bonchev–Trinajstić information content (AvgIpc) is 3.47. The number of fused-ring (bicyclic) bond motifs is 1. The van der Waals surface area contributed by atoms with E-state index in [1.54, 1.807) is 6.20 Å². The molecule has 0 radical (unpaired) electrons. The Labute approximate surface area is 253 Å². The van der Waals surface area contributed by atoms with Crippen LogP contribution in [-0.2, 0) is 12.0 Å². The maximum Gasteiger partial charge on any atom is 0.255 e. The zero-order valence-electron chi connectivity index (χ0n) is 25.3. The zero-order chi connectivity index (χ0) is 30.0. The van der Waals surface area contributed by atoms with E-state index in [-0.39, 0.29) is 11.3 Å². The lowest BCUT2D eigenvalue weighted by Gasteiger charge is -2.31. The lowest BCUT2D eigenvalue weighted by Crippen LogP contribution is -2.48. The van der Waals surface area contributed by atoms with Crippen LogP contribution in [0.25, 0.3) is 16.9 Å². The second-order valence-corrected chi connectivity index (χ2v) is 12.4. The van der Waals surface area contributed by atoms with Crippen LogP contribution in [-0.4, -0.2) is 50.9 Å². The summed E-state index contributed by atoms with van der Waals surface area (Å²) in [6, 6.07) is 24.6. The quantitative estimate of drug-likeness (QED) is 0.207. The number of rotatable bonds is 7. The molecule has 0 saturated carbocycles. The van der Waals surface area contributed by atoms with Crippen LogP contribution in [0.2, 0.25) is 0 Å². The predicted molar refractivity (Wildman–Crippen MR) is 174 cm³/mol. The third kappa shape index (κ3) is 6.77. The first kappa shape index (κ1) is 28.6. The van der Waals surface area contributed by atoms with Gasteiger partial charge in [-0.05, 0) is 59.9 Å². The first-order chi connectivity index (χ1) is 20.7. The Morgan fingerprint density at radius 3 is 2.60 bits per heavy atom. The molecular formula is C35H39N7O. The molecule has 1 amide bonds. The molecule has 0 aliphatic carbocycles. The summed E-state index contributed by atoms with van der Waals surface area (Å²) in [5.41, 5.74) is 7.18. The molecule has 1 atom stereocenters. The number of nitrogens with zero attached hydrogens (tertiary/aromatic N) is 4. The first-order valence-electron chi connectivity index (χ1n) is 14.9. The molecule has 1 aliphatic heterocycles. The largest absolute Gasteiger partial charge is 0.337 e. The van der Waals surface area contributed by atoms with E-state index in [9.17, 15) is 4.79 Å². The second kappa shape index (κ2) is 12.0. The van der Waals surface area contributed by atoms with E-state index in [1.165, 1.54) is 11.1 Å². The molecule has 0 spiro atoms. The highest BCUT2D eigenvalue weighted by atomic mass is 16.1. The fourth-order valence-corrected chi connectivity index (χ4v) is 5.53. The Kier molecular flexibility index (Phi) is 7.97. The van der Waals surface area contributed by atoms with Crippen molar-refractivity contribution in [3.05, 3.63) is 108 Å². The van der Waals surface area contributed by atoms with Gasteiger partial charge in [-0.25, -0.2) is 9.97 Å². The summed E-state index contributed by atoms with van der Waals surface area (Å²) in [7, 11) is 0. The molecule has 1 aliphatic rings. The van der Waals surface area contributed by atoms with Gasteiger partial charge in [-0.1, -0.05) is 57.2 Å². The number of hydrogen-bond acceptors (Lipinski definition) is 6. The van der Waals surface area contributed by atoms with Crippen molar-refractivity contribution in [2.75, 3.05) is 30.3 Å². The summed E-state index contributed by atoms with van der Waals surface area (Å²) in [6.07, 6.45) is 5.65. The van der Waals surface area contributed by atoms with Crippen LogP contribution in [0.5, 0.6) is 0 Å². The van der Waals surface area contributed by atoms with Gasteiger partial charge in [-0.3, -0.25) is 9.69 Å². The number of imidazole rings is 1. The van der Waals surface area contributed by atoms with Crippen LogP contribution >= 0.6 is 0 Å². The van der Waals surface area contributed by atoms with Crippen molar-refractivity contribution < 1.29 is 4.79 Å². The topological polar surface area (TPSA) is 86.6 Å². The maximum atomic E-state index is 13.0. The van der Waals surface area contributed by atoms with E-state index >= 15 is 0 Å². The Hall–Kier alpha value is -4.53. The van der Waals surface area contributed by atoms with E-state index < -0.39 is 0 Å². The molecule has 1 fully saturated rings. The number of amides is 1. The predicted octanol–water partition coefficient (Wildman–Crippen LogP) is 6.48. The van der Waals surface area contributed by atoms with Gasteiger partial charge in [-0.2, -0.15) is 0 Å². The zero-order valence-corrected chi connectivity index (χ0v) is 25.3. The highest BCUT2D eigenvalue weighted by molar-refractivity contribution is 6.04. The van der Waals surface area contributed by atoms with Crippen molar-refractivity contribution in [1.82, 2.24) is 24.6 Å². The van der Waals surface area contributed by atoms with Gasteiger partial charge >= 0.3 is 0 Å². The molecule has 3 N–H and O–H groups in total. The molecule has 5 aromatic rings. The monoisotopic (exact) mass is 573 g/mol. The smallest absolute Gasteiger partial charge is 0.255 e. The van der Waals surface area contributed by atoms with Crippen LogP contribution in [0, 0.1) is 0 Å². The van der Waals surface area contributed by atoms with Crippen LogP contribution in [0.4, 0.5) is 17.2 Å². The molecule has 0 bridgehead atoms. The summed E-state index contributed by atoms with van der Waals surface area (Å²) in [6.45, 7) is 12.7. The molecule has 220 valence electrons. The molecule has 43 heavy (non-hydrogen) atoms. The minimum Gasteiger partial charge on any atom is -0.337 e. The molecule has 8 heteroatoms. The van der Waals surface area contributed by atoms with Crippen molar-refractivity contribution in [3.63, 3.8) is 0 Å². The molecule has 2 aromatic heterocycles. The Morgan fingerprint density at radius 2 is 1.81 bits per heavy atom. The number of carbonyl (C=O) groups is 1. The van der Waals surface area contributed by atoms with Crippen molar-refractivity contribution >= 4 is 28.7 Å². The standard InChI is InChI=1S/C35H39N7O/c1-24-21-41(17-15-36-24)22-25-7-5-9-29(19-25)38-32-33-37-16-18-42(33)23-31(40-32)27-8-6-10-30(20-27)39-34(43)26-11-13-28(14-12-26)35(2,3)4/h5-14,16,18-20,23-24,36H,15,17,21-22H2,1-4H3,(H,38,40)(H,39,43). The van der Waals surface area contributed by atoms with Crippen LogP contribution < -0.4 is 16.0 Å². The summed E-state index contributed by atoms with van der Waals surface area (Å²) in [5.74, 6) is 0.525. The van der Waals surface area contributed by atoms with Gasteiger partial charge < -0.3 is 20.4 Å². The lowest BCUT2D eigenvalue weighted by atomic mass is 9.87. The number of nitrogens with one attached hydrogen (secondary N) is 3. The molecular weight excluding hydrogens is 534 g/mol. The SMILES string of the molecule is CC1CN(Cc2cccc(Nc3nc(-c4cccc(NC(=O)c5ccc(C(C)(C)C)cc5)c4)cn4ccnc34)c2)CCN1. The van der Waals surface area contributed by atoms with Crippen molar-refractivity contribution in [3.8, 4) is 11.3 Å². The van der Waals surface area contributed by atoms with Gasteiger partial charge in [0.2, 0.25) is 0 Å². The van der Waals surface area contributed by atoms with Gasteiger partial charge in [0.05, 0.1) is 5.69 Å². The molecule has 3 heterocycles. The van der Waals surface area contributed by atoms with E-state index in [2.05, 4.69) is 77.8 Å². The average molecular weight is 574 g/mol. The molecule has 6 rings (SSSR count). The molecule has 3 aromatic carbocycles. The number of aromatic nitrogens is 3. The first-order valence-corrected chi connectivity index (χ1v) is 14.9. The summed E-state index contributed by atoms with van der Waals surface area (Å²) < 4.78 is 1.97. The normalized spacial score (nSPS) is 15.9. The highest BCUT2D eigenvalue weighted by Gasteiger charge is 2.17. The summed E-state index contributed by atoms with van der Waals surface area (Å²) >= 11 is 0. The number of piperazine rings is 1. The second-order valence-electron chi connectivity index (χ2n) is 12.4. The van der Waals surface area contributed by atoms with Gasteiger partial charge in [0.1, 0.15) is 0 Å². The van der Waals surface area contributed by atoms with Crippen molar-refractivity contribution in [2.45, 2.75) is 45.7 Å². The Bertz CT molecular complexity index is 1740. The summed E-state index contributed by atoms with van der Waals surface area (Å²) in [5, 5.41) is 10.1. The van der Waals surface area contributed by atoms with Crippen LogP contribution in [0.1, 0.15) is 49.2 Å². The fraction of sp³-hybridized carbons (Fsp3) is 0.286. The number of anilines is 3. The number of carbonyl (C=O) groups excluding carboxylic acids is 1. The van der Waals surface area contributed by atoms with Gasteiger partial charge in [0, 0.05) is 73.3 Å². The molecule has 8 nitrogen and oxygen atoms in total. The van der Waals surface area contributed by atoms with E-state index in [0.29, 0.717) is 23.1 Å². The van der Waals surface area contributed by atoms with E-state index in [4.69, 9.17) is 4.98 Å². The van der Waals surface area contributed by atoms with Gasteiger partial charge in [-0.15, -0.1) is 0 Å². The number of benzene rings is 3. The molecule has 1 unspecified atom stereocenters. The van der Waals surface area contributed by atoms with Gasteiger partial charge in [0.25, 0.3) is 5.91 Å². The lowest BCUT2D eigenvalue weighted by molar-refractivity contribution is 0.102. The van der Waals surface area contributed by atoms with Crippen molar-refractivity contribution in [2.24, 2.45) is 0 Å². The van der Waals surface area contributed by atoms with E-state index in [1.807, 2.05) is 65.3 Å². The van der Waals surface area contributed by atoms with Crippen LogP contribution in [0.15, 0.2) is 91.4 Å². The maximum absolute atomic E-state index is 13.0. The fourth-order valence-electron chi connectivity index (χ4n) is 5.53. The minimum atomic E-state index is -0.145. The summed E-state index contributed by atoms with van der Waals surface area (Å²) in [4.78, 5) is 25.0. The third-order valence-corrected chi connectivity index (χ3v) is 7.85. The molecule has 1 saturated heterocycles. The third-order valence-electron chi connectivity index (χ3n) is 7.85. The Morgan fingerprint density at radius 1 is 1.02 bits per heavy atom. The van der Waals surface area contributed by atoms with Crippen LogP contribution in [0.3, 0.4) is 0 Å². The van der Waals surface area contributed by atoms with Crippen molar-refractivity contribution in [1.29, 1.82) is 0 Å². The van der Waals surface area contributed by atoms with Gasteiger partial charge in [0.15, 0.2) is 11.5 Å². The van der Waals surface area contributed by atoms with E-state index in [0.717, 1.165) is 48.8 Å². The highest BCUT2D eigenvalue weighted by Crippen LogP contribution is 2.27. The number of hydrogen-bond donors (Lipinski definition) is 3. The minimum absolute atomic E-state index is 0.0347. The Balaban J connectivity index is 1.22.